The van der Waals surface area contributed by atoms with Gasteiger partial charge < -0.3 is 20.1 Å². The smallest absolute Gasteiger partial charge is 0.266 e. The molecule has 6 heteroatoms. The van der Waals surface area contributed by atoms with Crippen molar-refractivity contribution in [1.29, 1.82) is 0 Å². The summed E-state index contributed by atoms with van der Waals surface area (Å²) >= 11 is 0. The molecule has 0 spiro atoms. The molecule has 1 aliphatic rings. The van der Waals surface area contributed by atoms with Crippen LogP contribution in [0.15, 0.2) is 42.5 Å². The van der Waals surface area contributed by atoms with Crippen LogP contribution in [-0.4, -0.2) is 31.6 Å². The van der Waals surface area contributed by atoms with Crippen molar-refractivity contribution in [1.82, 2.24) is 5.32 Å². The molecule has 136 valence electrons. The summed E-state index contributed by atoms with van der Waals surface area (Å²) in [7, 11) is 1.62. The molecule has 6 nitrogen and oxygen atoms in total. The summed E-state index contributed by atoms with van der Waals surface area (Å²) in [6.07, 6.45) is -0.197. The van der Waals surface area contributed by atoms with E-state index in [0.29, 0.717) is 24.4 Å². The van der Waals surface area contributed by atoms with E-state index < -0.39 is 6.10 Å². The highest BCUT2D eigenvalue weighted by Crippen LogP contribution is 2.31. The van der Waals surface area contributed by atoms with Crippen LogP contribution in [0.4, 0.5) is 5.69 Å². The second-order valence-corrected chi connectivity index (χ2v) is 6.21. The molecule has 0 fully saturated rings. The number of methoxy groups -OCH3 is 1. The first-order valence-electron chi connectivity index (χ1n) is 8.53. The Labute approximate surface area is 152 Å². The number of aryl methyl sites for hydroxylation is 1. The van der Waals surface area contributed by atoms with Crippen LogP contribution in [0.5, 0.6) is 11.5 Å². The van der Waals surface area contributed by atoms with E-state index in [2.05, 4.69) is 10.6 Å². The Kier molecular flexibility index (Phi) is 5.41. The van der Waals surface area contributed by atoms with Crippen LogP contribution in [0.2, 0.25) is 0 Å². The molecule has 1 heterocycles. The van der Waals surface area contributed by atoms with Crippen LogP contribution in [-0.2, 0) is 16.0 Å². The van der Waals surface area contributed by atoms with Crippen LogP contribution in [0.25, 0.3) is 0 Å². The lowest BCUT2D eigenvalue weighted by molar-refractivity contribution is -0.130. The van der Waals surface area contributed by atoms with Crippen LogP contribution in [0.3, 0.4) is 0 Å². The van der Waals surface area contributed by atoms with Gasteiger partial charge in [-0.3, -0.25) is 9.59 Å². The van der Waals surface area contributed by atoms with E-state index in [0.717, 1.165) is 16.9 Å². The predicted molar refractivity (Wildman–Crippen MR) is 98.5 cm³/mol. The molecule has 0 bridgehead atoms. The summed E-state index contributed by atoms with van der Waals surface area (Å²) in [5, 5.41) is 5.62. The largest absolute Gasteiger partial charge is 0.496 e. The summed E-state index contributed by atoms with van der Waals surface area (Å²) in [5.74, 6) is 0.851. The van der Waals surface area contributed by atoms with Crippen molar-refractivity contribution in [3.63, 3.8) is 0 Å². The number of hydrogen-bond acceptors (Lipinski definition) is 4. The number of para-hydroxylation sites is 1. The number of anilines is 1. The summed E-state index contributed by atoms with van der Waals surface area (Å²) in [6, 6.07) is 13.2. The minimum absolute atomic E-state index is 0.0227. The molecule has 0 saturated heterocycles. The average molecular weight is 354 g/mol. The van der Waals surface area contributed by atoms with E-state index in [1.165, 1.54) is 0 Å². The van der Waals surface area contributed by atoms with Gasteiger partial charge in [0, 0.05) is 6.54 Å². The lowest BCUT2D eigenvalue weighted by Gasteiger charge is -2.25. The summed E-state index contributed by atoms with van der Waals surface area (Å²) in [5.41, 5.74) is 2.69. The van der Waals surface area contributed by atoms with Gasteiger partial charge in [-0.05, 0) is 42.7 Å². The van der Waals surface area contributed by atoms with Crippen LogP contribution in [0.1, 0.15) is 17.5 Å². The van der Waals surface area contributed by atoms with Crippen molar-refractivity contribution in [3.8, 4) is 11.5 Å². The standard InChI is InChI=1S/C20H22N2O4/c1-13-7-8-17-15(11-13)22-20(24)18(26-17)12-19(23)21-10-9-14-5-3-4-6-16(14)25-2/h3-8,11,18H,9-10,12H2,1-2H3,(H,21,23)(H,22,24). The third kappa shape index (κ3) is 4.14. The Hall–Kier alpha value is -3.02. The molecule has 0 aliphatic carbocycles. The van der Waals surface area contributed by atoms with Gasteiger partial charge in [-0.15, -0.1) is 0 Å². The number of hydrogen-bond donors (Lipinski definition) is 2. The van der Waals surface area contributed by atoms with E-state index in [-0.39, 0.29) is 18.2 Å². The Morgan fingerprint density at radius 3 is 2.88 bits per heavy atom. The van der Waals surface area contributed by atoms with Crippen LogP contribution in [0, 0.1) is 6.92 Å². The molecule has 0 aromatic heterocycles. The summed E-state index contributed by atoms with van der Waals surface area (Å²) in [4.78, 5) is 24.3. The first-order valence-corrected chi connectivity index (χ1v) is 8.53. The van der Waals surface area contributed by atoms with Crippen LogP contribution < -0.4 is 20.1 Å². The van der Waals surface area contributed by atoms with Gasteiger partial charge in [-0.25, -0.2) is 0 Å². The highest BCUT2D eigenvalue weighted by atomic mass is 16.5. The second-order valence-electron chi connectivity index (χ2n) is 6.21. The fourth-order valence-corrected chi connectivity index (χ4v) is 2.89. The van der Waals surface area contributed by atoms with Crippen molar-refractivity contribution in [2.24, 2.45) is 0 Å². The van der Waals surface area contributed by atoms with Crippen molar-refractivity contribution >= 4 is 17.5 Å². The number of rotatable bonds is 6. The lowest BCUT2D eigenvalue weighted by atomic mass is 10.1. The normalized spacial score (nSPS) is 15.5. The Balaban J connectivity index is 1.52. The van der Waals surface area contributed by atoms with Crippen molar-refractivity contribution in [3.05, 3.63) is 53.6 Å². The van der Waals surface area contributed by atoms with Gasteiger partial charge in [0.15, 0.2) is 6.10 Å². The number of nitrogens with one attached hydrogen (secondary N) is 2. The van der Waals surface area contributed by atoms with Crippen LogP contribution >= 0.6 is 0 Å². The lowest BCUT2D eigenvalue weighted by Crippen LogP contribution is -2.41. The first-order chi connectivity index (χ1) is 12.6. The number of fused-ring (bicyclic) bond motifs is 1. The molecule has 0 saturated carbocycles. The molecule has 1 unspecified atom stereocenters. The molecule has 26 heavy (non-hydrogen) atoms. The van der Waals surface area contributed by atoms with Gasteiger partial charge in [0.1, 0.15) is 11.5 Å². The van der Waals surface area contributed by atoms with E-state index in [4.69, 9.17) is 9.47 Å². The zero-order valence-corrected chi connectivity index (χ0v) is 14.9. The predicted octanol–water partition coefficient (Wildman–Crippen LogP) is 2.45. The van der Waals surface area contributed by atoms with Gasteiger partial charge >= 0.3 is 0 Å². The van der Waals surface area contributed by atoms with Crippen molar-refractivity contribution in [2.45, 2.75) is 25.9 Å². The molecule has 0 radical (unpaired) electrons. The number of carbonyl (C=O) groups excluding carboxylic acids is 2. The highest BCUT2D eigenvalue weighted by molar-refractivity contribution is 6.00. The summed E-state index contributed by atoms with van der Waals surface area (Å²) in [6.45, 7) is 2.40. The molecule has 1 atom stereocenters. The minimum atomic E-state index is -0.823. The van der Waals surface area contributed by atoms with E-state index in [9.17, 15) is 9.59 Å². The molecule has 2 aromatic rings. The molecule has 1 aliphatic heterocycles. The molecular weight excluding hydrogens is 332 g/mol. The number of carbonyl (C=O) groups is 2. The van der Waals surface area contributed by atoms with Gasteiger partial charge in [0.05, 0.1) is 19.2 Å². The fourth-order valence-electron chi connectivity index (χ4n) is 2.89. The first kappa shape index (κ1) is 17.8. The monoisotopic (exact) mass is 354 g/mol. The van der Waals surface area contributed by atoms with Gasteiger partial charge in [-0.1, -0.05) is 24.3 Å². The zero-order valence-electron chi connectivity index (χ0n) is 14.9. The Bertz CT molecular complexity index is 819. The molecule has 2 aromatic carbocycles. The van der Waals surface area contributed by atoms with E-state index in [1.807, 2.05) is 43.3 Å². The third-order valence-corrected chi connectivity index (χ3v) is 4.23. The molecule has 2 amide bonds. The number of benzene rings is 2. The Morgan fingerprint density at radius 1 is 1.27 bits per heavy atom. The van der Waals surface area contributed by atoms with Gasteiger partial charge in [0.2, 0.25) is 5.91 Å². The minimum Gasteiger partial charge on any atom is -0.496 e. The highest BCUT2D eigenvalue weighted by Gasteiger charge is 2.29. The molecule has 3 rings (SSSR count). The maximum atomic E-state index is 12.2. The topological polar surface area (TPSA) is 76.7 Å². The van der Waals surface area contributed by atoms with Crippen molar-refractivity contribution < 1.29 is 19.1 Å². The van der Waals surface area contributed by atoms with E-state index >= 15 is 0 Å². The van der Waals surface area contributed by atoms with Crippen molar-refractivity contribution in [2.75, 3.05) is 19.0 Å². The maximum Gasteiger partial charge on any atom is 0.266 e. The maximum absolute atomic E-state index is 12.2. The SMILES string of the molecule is COc1ccccc1CCNC(=O)CC1Oc2ccc(C)cc2NC1=O. The second kappa shape index (κ2) is 7.91. The zero-order chi connectivity index (χ0) is 18.5. The number of amides is 2. The van der Waals surface area contributed by atoms with Gasteiger partial charge in [-0.2, -0.15) is 0 Å². The molecule has 2 N–H and O–H groups in total. The third-order valence-electron chi connectivity index (χ3n) is 4.23. The summed E-state index contributed by atoms with van der Waals surface area (Å²) < 4.78 is 11.0. The quantitative estimate of drug-likeness (QED) is 0.835. The molecular formula is C20H22N2O4. The van der Waals surface area contributed by atoms with Gasteiger partial charge in [0.25, 0.3) is 5.91 Å². The van der Waals surface area contributed by atoms with E-state index in [1.54, 1.807) is 13.2 Å². The number of ether oxygens (including phenoxy) is 2. The Morgan fingerprint density at radius 2 is 2.08 bits per heavy atom. The fraction of sp³-hybridized carbons (Fsp3) is 0.300. The average Bonchev–Trinajstić information content (AvgIpc) is 2.63.